The summed E-state index contributed by atoms with van der Waals surface area (Å²) in [5.74, 6) is 1.44. The van der Waals surface area contributed by atoms with Crippen LogP contribution >= 0.6 is 0 Å². The van der Waals surface area contributed by atoms with E-state index in [9.17, 15) is 4.79 Å². The molecule has 0 unspecified atom stereocenters. The first-order valence-corrected chi connectivity index (χ1v) is 7.19. The van der Waals surface area contributed by atoms with Gasteiger partial charge in [0.05, 0.1) is 0 Å². The number of anilines is 1. The molecule has 1 amide bonds. The quantitative estimate of drug-likeness (QED) is 0.856. The maximum atomic E-state index is 12.2. The van der Waals surface area contributed by atoms with Crippen LogP contribution in [0.25, 0.3) is 0 Å². The minimum absolute atomic E-state index is 0.0144. The molecule has 1 aliphatic carbocycles. The van der Waals surface area contributed by atoms with E-state index in [1.54, 1.807) is 0 Å². The van der Waals surface area contributed by atoms with Crippen molar-refractivity contribution in [1.82, 2.24) is 10.3 Å². The van der Waals surface area contributed by atoms with E-state index in [1.807, 2.05) is 26.1 Å². The predicted molar refractivity (Wildman–Crippen MR) is 77.5 cm³/mol. The molecule has 1 aromatic rings. The first kappa shape index (κ1) is 13.8. The zero-order valence-electron chi connectivity index (χ0n) is 11.8. The van der Waals surface area contributed by atoms with Gasteiger partial charge in [0.15, 0.2) is 0 Å². The number of carbonyl (C=O) groups is 1. The van der Waals surface area contributed by atoms with Crippen LogP contribution in [0, 0.1) is 5.92 Å². The van der Waals surface area contributed by atoms with Gasteiger partial charge in [-0.3, -0.25) is 4.79 Å². The molecule has 0 atom stereocenters. The number of aromatic nitrogens is 1. The van der Waals surface area contributed by atoms with Gasteiger partial charge in [-0.2, -0.15) is 0 Å². The van der Waals surface area contributed by atoms with E-state index in [4.69, 9.17) is 0 Å². The Labute approximate surface area is 115 Å². The molecule has 4 nitrogen and oxygen atoms in total. The Morgan fingerprint density at radius 1 is 1.37 bits per heavy atom. The van der Waals surface area contributed by atoms with Crippen LogP contribution in [0.3, 0.4) is 0 Å². The summed E-state index contributed by atoms with van der Waals surface area (Å²) in [4.78, 5) is 16.6. The molecule has 1 heterocycles. The number of amides is 1. The minimum Gasteiger partial charge on any atom is -0.373 e. The lowest BCUT2D eigenvalue weighted by Gasteiger charge is -2.12. The number of carbonyl (C=O) groups excluding carboxylic acids is 1. The molecular formula is C15H23N3O. The van der Waals surface area contributed by atoms with Crippen molar-refractivity contribution >= 4 is 11.7 Å². The Hall–Kier alpha value is -1.58. The molecule has 1 aromatic heterocycles. The van der Waals surface area contributed by atoms with E-state index < -0.39 is 0 Å². The van der Waals surface area contributed by atoms with Crippen LogP contribution in [0.4, 0.5) is 5.82 Å². The highest BCUT2D eigenvalue weighted by Gasteiger charge is 2.16. The van der Waals surface area contributed by atoms with Crippen molar-refractivity contribution in [1.29, 1.82) is 0 Å². The third-order valence-electron chi connectivity index (χ3n) is 3.78. The van der Waals surface area contributed by atoms with Gasteiger partial charge in [-0.05, 0) is 37.3 Å². The average Bonchev–Trinajstić information content (AvgIpc) is 2.97. The lowest BCUT2D eigenvalue weighted by Crippen LogP contribution is -2.28. The monoisotopic (exact) mass is 261 g/mol. The molecule has 1 aliphatic rings. The maximum Gasteiger partial charge on any atom is 0.251 e. The van der Waals surface area contributed by atoms with Gasteiger partial charge in [0.1, 0.15) is 5.82 Å². The zero-order valence-corrected chi connectivity index (χ0v) is 11.8. The Morgan fingerprint density at radius 2 is 2.11 bits per heavy atom. The summed E-state index contributed by atoms with van der Waals surface area (Å²) in [5, 5.41) is 6.05. The Balaban J connectivity index is 2.00. The van der Waals surface area contributed by atoms with E-state index in [2.05, 4.69) is 15.6 Å². The van der Waals surface area contributed by atoms with Gasteiger partial charge in [0.2, 0.25) is 0 Å². The van der Waals surface area contributed by atoms with Crippen molar-refractivity contribution in [3.05, 3.63) is 23.4 Å². The van der Waals surface area contributed by atoms with Crippen LogP contribution in [-0.4, -0.2) is 24.5 Å². The van der Waals surface area contributed by atoms with E-state index in [-0.39, 0.29) is 5.91 Å². The van der Waals surface area contributed by atoms with Crippen LogP contribution in [0.5, 0.6) is 0 Å². The molecule has 2 rings (SSSR count). The van der Waals surface area contributed by atoms with Gasteiger partial charge < -0.3 is 10.6 Å². The number of nitrogens with zero attached hydrogens (tertiary/aromatic N) is 1. The molecule has 1 saturated carbocycles. The molecule has 2 N–H and O–H groups in total. The second-order valence-corrected chi connectivity index (χ2v) is 5.20. The summed E-state index contributed by atoms with van der Waals surface area (Å²) < 4.78 is 0. The lowest BCUT2D eigenvalue weighted by atomic mass is 10.1. The normalized spacial score (nSPS) is 15.5. The van der Waals surface area contributed by atoms with Crippen LogP contribution in [0.1, 0.15) is 48.7 Å². The van der Waals surface area contributed by atoms with Gasteiger partial charge in [-0.15, -0.1) is 0 Å². The second kappa shape index (κ2) is 6.55. The molecule has 0 bridgehead atoms. The van der Waals surface area contributed by atoms with Gasteiger partial charge in [-0.25, -0.2) is 4.98 Å². The second-order valence-electron chi connectivity index (χ2n) is 5.20. The van der Waals surface area contributed by atoms with Crippen LogP contribution in [0.2, 0.25) is 0 Å². The number of rotatable bonds is 5. The lowest BCUT2D eigenvalue weighted by molar-refractivity contribution is 0.0947. The first-order chi connectivity index (χ1) is 9.22. The summed E-state index contributed by atoms with van der Waals surface area (Å²) in [7, 11) is 1.82. The number of hydrogen-bond acceptors (Lipinski definition) is 3. The molecular weight excluding hydrogens is 238 g/mol. The highest BCUT2D eigenvalue weighted by molar-refractivity contribution is 5.95. The van der Waals surface area contributed by atoms with Gasteiger partial charge in [-0.1, -0.05) is 19.8 Å². The summed E-state index contributed by atoms with van der Waals surface area (Å²) in [6.45, 7) is 2.85. The van der Waals surface area contributed by atoms with Crippen molar-refractivity contribution < 1.29 is 4.79 Å². The van der Waals surface area contributed by atoms with Crippen molar-refractivity contribution in [2.75, 3.05) is 18.9 Å². The smallest absolute Gasteiger partial charge is 0.251 e. The third kappa shape index (κ3) is 3.69. The standard InChI is InChI=1S/C15H23N3O/c1-3-13-8-12(9-14(16-2)18-13)15(19)17-10-11-6-4-5-7-11/h8-9,11H,3-7,10H2,1-2H3,(H,16,18)(H,17,19). The topological polar surface area (TPSA) is 54.0 Å². The van der Waals surface area contributed by atoms with Gasteiger partial charge in [0, 0.05) is 24.8 Å². The fourth-order valence-corrected chi connectivity index (χ4v) is 2.58. The number of aryl methyl sites for hydroxylation is 1. The summed E-state index contributed by atoms with van der Waals surface area (Å²) in [5.41, 5.74) is 1.65. The Bertz CT molecular complexity index is 417. The van der Waals surface area contributed by atoms with Crippen LogP contribution < -0.4 is 10.6 Å². The van der Waals surface area contributed by atoms with E-state index in [0.29, 0.717) is 11.5 Å². The third-order valence-corrected chi connectivity index (χ3v) is 3.78. The van der Waals surface area contributed by atoms with Gasteiger partial charge in [0.25, 0.3) is 5.91 Å². The molecule has 0 spiro atoms. The number of hydrogen-bond donors (Lipinski definition) is 2. The molecule has 104 valence electrons. The molecule has 1 fully saturated rings. The zero-order chi connectivity index (χ0) is 13.7. The van der Waals surface area contributed by atoms with Gasteiger partial charge >= 0.3 is 0 Å². The fraction of sp³-hybridized carbons (Fsp3) is 0.600. The Morgan fingerprint density at radius 3 is 2.74 bits per heavy atom. The number of nitrogens with one attached hydrogen (secondary N) is 2. The SMILES string of the molecule is CCc1cc(C(=O)NCC2CCCC2)cc(NC)n1. The molecule has 0 aromatic carbocycles. The fourth-order valence-electron chi connectivity index (χ4n) is 2.58. The van der Waals surface area contributed by atoms with Crippen LogP contribution in [0.15, 0.2) is 12.1 Å². The van der Waals surface area contributed by atoms with E-state index in [0.717, 1.165) is 24.5 Å². The van der Waals surface area contributed by atoms with Crippen molar-refractivity contribution in [2.45, 2.75) is 39.0 Å². The molecule has 4 heteroatoms. The number of pyridine rings is 1. The molecule has 19 heavy (non-hydrogen) atoms. The summed E-state index contributed by atoms with van der Waals surface area (Å²) in [6, 6.07) is 3.69. The van der Waals surface area contributed by atoms with E-state index >= 15 is 0 Å². The van der Waals surface area contributed by atoms with Crippen molar-refractivity contribution in [3.8, 4) is 0 Å². The summed E-state index contributed by atoms with van der Waals surface area (Å²) >= 11 is 0. The van der Waals surface area contributed by atoms with Crippen molar-refractivity contribution in [3.63, 3.8) is 0 Å². The average molecular weight is 261 g/mol. The maximum absolute atomic E-state index is 12.2. The highest BCUT2D eigenvalue weighted by atomic mass is 16.1. The molecule has 0 radical (unpaired) electrons. The largest absolute Gasteiger partial charge is 0.373 e. The first-order valence-electron chi connectivity index (χ1n) is 7.19. The molecule has 0 aliphatic heterocycles. The van der Waals surface area contributed by atoms with Crippen molar-refractivity contribution in [2.24, 2.45) is 5.92 Å². The highest BCUT2D eigenvalue weighted by Crippen LogP contribution is 2.23. The predicted octanol–water partition coefficient (Wildman–Crippen LogP) is 2.61. The van der Waals surface area contributed by atoms with E-state index in [1.165, 1.54) is 25.7 Å². The minimum atomic E-state index is 0.0144. The molecule has 0 saturated heterocycles. The van der Waals surface area contributed by atoms with Crippen LogP contribution in [-0.2, 0) is 6.42 Å². The Kier molecular flexibility index (Phi) is 4.77. The summed E-state index contributed by atoms with van der Waals surface area (Å²) in [6.07, 6.45) is 5.94.